The monoisotopic (exact) mass is 407 g/mol. The first-order valence-corrected chi connectivity index (χ1v) is 9.48. The van der Waals surface area contributed by atoms with E-state index in [1.165, 1.54) is 12.2 Å². The van der Waals surface area contributed by atoms with Gasteiger partial charge in [-0.2, -0.15) is 0 Å². The molecule has 3 aromatic rings. The predicted octanol–water partition coefficient (Wildman–Crippen LogP) is 5.22. The number of carbonyl (C=O) groups is 1. The molecule has 0 atom stereocenters. The van der Waals surface area contributed by atoms with Crippen LogP contribution in [-0.4, -0.2) is 24.4 Å². The molecular formula is C24H19F2NO3. The summed E-state index contributed by atoms with van der Waals surface area (Å²) in [7, 11) is 0. The van der Waals surface area contributed by atoms with Crippen molar-refractivity contribution in [1.82, 2.24) is 5.32 Å². The first-order chi connectivity index (χ1) is 14.5. The number of ether oxygens (including phenoxy) is 1. The van der Waals surface area contributed by atoms with Crippen LogP contribution in [-0.2, 0) is 4.74 Å². The topological polar surface area (TPSA) is 58.6 Å². The van der Waals surface area contributed by atoms with E-state index < -0.39 is 17.7 Å². The lowest BCUT2D eigenvalue weighted by atomic mass is 9.98. The first kappa shape index (κ1) is 19.6. The molecule has 4 rings (SSSR count). The molecule has 6 heteroatoms. The quantitative estimate of drug-likeness (QED) is 0.610. The van der Waals surface area contributed by atoms with Crippen LogP contribution in [0.4, 0.5) is 13.6 Å². The Morgan fingerprint density at radius 3 is 2.27 bits per heavy atom. The summed E-state index contributed by atoms with van der Waals surface area (Å²) in [6.07, 6.45) is 2.31. The van der Waals surface area contributed by atoms with Crippen LogP contribution in [0, 0.1) is 11.6 Å². The Morgan fingerprint density at radius 2 is 1.60 bits per heavy atom. The van der Waals surface area contributed by atoms with Gasteiger partial charge < -0.3 is 15.2 Å². The number of hydrogen-bond acceptors (Lipinski definition) is 3. The molecule has 30 heavy (non-hydrogen) atoms. The van der Waals surface area contributed by atoms with E-state index in [1.54, 1.807) is 0 Å². The predicted molar refractivity (Wildman–Crippen MR) is 110 cm³/mol. The zero-order chi connectivity index (χ0) is 21.1. The largest absolute Gasteiger partial charge is 0.507 e. The number of hydrogen-bond donors (Lipinski definition) is 2. The van der Waals surface area contributed by atoms with Crippen molar-refractivity contribution in [2.24, 2.45) is 0 Å². The van der Waals surface area contributed by atoms with Crippen LogP contribution in [0.25, 0.3) is 17.2 Å². The molecule has 0 unspecified atom stereocenters. The molecule has 1 aliphatic carbocycles. The van der Waals surface area contributed by atoms with Crippen LogP contribution in [0.3, 0.4) is 0 Å². The minimum Gasteiger partial charge on any atom is -0.507 e. The maximum Gasteiger partial charge on any atom is 0.407 e. The van der Waals surface area contributed by atoms with Crippen molar-refractivity contribution < 1.29 is 23.4 Å². The van der Waals surface area contributed by atoms with Gasteiger partial charge in [0.05, 0.1) is 0 Å². The van der Waals surface area contributed by atoms with Gasteiger partial charge in [0.25, 0.3) is 0 Å². The van der Waals surface area contributed by atoms with E-state index in [0.29, 0.717) is 6.07 Å². The summed E-state index contributed by atoms with van der Waals surface area (Å²) in [5, 5.41) is 12.2. The summed E-state index contributed by atoms with van der Waals surface area (Å²) in [5.74, 6) is -2.59. The Balaban J connectivity index is 1.34. The number of phenolic OH excluding ortho intramolecular Hbond substituents is 1. The van der Waals surface area contributed by atoms with E-state index in [9.17, 15) is 18.7 Å². The summed E-state index contributed by atoms with van der Waals surface area (Å²) >= 11 is 0. The van der Waals surface area contributed by atoms with Crippen molar-refractivity contribution in [1.29, 1.82) is 0 Å². The second-order valence-electron chi connectivity index (χ2n) is 6.93. The number of halogens is 2. The number of alkyl carbamates (subject to hydrolysis) is 1. The van der Waals surface area contributed by atoms with Gasteiger partial charge in [0.15, 0.2) is 11.6 Å². The second kappa shape index (κ2) is 8.37. The number of phenols is 1. The summed E-state index contributed by atoms with van der Waals surface area (Å²) in [6, 6.07) is 17.7. The summed E-state index contributed by atoms with van der Waals surface area (Å²) < 4.78 is 31.7. The highest BCUT2D eigenvalue weighted by atomic mass is 19.2. The minimum absolute atomic E-state index is 0.0298. The van der Waals surface area contributed by atoms with Gasteiger partial charge >= 0.3 is 6.09 Å². The van der Waals surface area contributed by atoms with E-state index in [-0.39, 0.29) is 30.4 Å². The van der Waals surface area contributed by atoms with E-state index in [1.807, 2.05) is 36.4 Å². The first-order valence-electron chi connectivity index (χ1n) is 9.48. The number of nitrogens with one attached hydrogen (secondary N) is 1. The molecule has 2 N–H and O–H groups in total. The lowest BCUT2D eigenvalue weighted by Crippen LogP contribution is -2.26. The van der Waals surface area contributed by atoms with Gasteiger partial charge in [-0.15, -0.1) is 0 Å². The second-order valence-corrected chi connectivity index (χ2v) is 6.93. The Morgan fingerprint density at radius 1 is 1.00 bits per heavy atom. The molecule has 152 valence electrons. The number of fused-ring (bicyclic) bond motifs is 3. The molecule has 0 saturated heterocycles. The molecule has 0 aliphatic heterocycles. The molecular weight excluding hydrogens is 388 g/mol. The van der Waals surface area contributed by atoms with Crippen molar-refractivity contribution >= 4 is 12.2 Å². The summed E-state index contributed by atoms with van der Waals surface area (Å²) in [4.78, 5) is 12.1. The molecule has 1 amide bonds. The third-order valence-corrected chi connectivity index (χ3v) is 5.07. The van der Waals surface area contributed by atoms with E-state index in [4.69, 9.17) is 4.74 Å². The van der Waals surface area contributed by atoms with Crippen LogP contribution in [0.5, 0.6) is 5.75 Å². The van der Waals surface area contributed by atoms with Gasteiger partial charge in [0.2, 0.25) is 0 Å². The Kier molecular flexibility index (Phi) is 5.48. The third-order valence-electron chi connectivity index (χ3n) is 5.07. The average molecular weight is 407 g/mol. The highest BCUT2D eigenvalue weighted by Gasteiger charge is 2.28. The van der Waals surface area contributed by atoms with E-state index in [2.05, 4.69) is 17.4 Å². The Hall–Kier alpha value is -3.67. The molecule has 0 saturated carbocycles. The third kappa shape index (κ3) is 3.89. The number of rotatable bonds is 5. The van der Waals surface area contributed by atoms with Gasteiger partial charge in [0.1, 0.15) is 12.4 Å². The van der Waals surface area contributed by atoms with Crippen LogP contribution < -0.4 is 5.32 Å². The SMILES string of the molecule is O=C(NCC=Cc1cc(F)c(F)cc1O)OCC1c2ccccc2-c2ccccc21. The maximum atomic E-state index is 13.2. The highest BCUT2D eigenvalue weighted by molar-refractivity contribution is 5.79. The molecule has 0 aromatic heterocycles. The van der Waals surface area contributed by atoms with Gasteiger partial charge in [-0.1, -0.05) is 60.7 Å². The molecule has 0 spiro atoms. The normalized spacial score (nSPS) is 12.6. The lowest BCUT2D eigenvalue weighted by Gasteiger charge is -2.14. The maximum absolute atomic E-state index is 13.2. The van der Waals surface area contributed by atoms with Crippen molar-refractivity contribution in [3.8, 4) is 16.9 Å². The van der Waals surface area contributed by atoms with Crippen LogP contribution in [0.15, 0.2) is 66.7 Å². The van der Waals surface area contributed by atoms with Gasteiger partial charge in [-0.05, 0) is 28.3 Å². The highest BCUT2D eigenvalue weighted by Crippen LogP contribution is 2.44. The lowest BCUT2D eigenvalue weighted by molar-refractivity contribution is 0.144. The summed E-state index contributed by atoms with van der Waals surface area (Å²) in [5.41, 5.74) is 4.66. The minimum atomic E-state index is -1.12. The molecule has 4 nitrogen and oxygen atoms in total. The van der Waals surface area contributed by atoms with Crippen molar-refractivity contribution in [3.63, 3.8) is 0 Å². The number of carbonyl (C=O) groups excluding carboxylic acids is 1. The van der Waals surface area contributed by atoms with E-state index >= 15 is 0 Å². The smallest absolute Gasteiger partial charge is 0.407 e. The van der Waals surface area contributed by atoms with Crippen LogP contribution in [0.2, 0.25) is 0 Å². The molecule has 1 aliphatic rings. The molecule has 0 radical (unpaired) electrons. The molecule has 0 bridgehead atoms. The number of amides is 1. The molecule has 0 heterocycles. The number of aromatic hydroxyl groups is 1. The fourth-order valence-electron chi connectivity index (χ4n) is 3.66. The zero-order valence-electron chi connectivity index (χ0n) is 15.9. The molecule has 0 fully saturated rings. The van der Waals surface area contributed by atoms with Crippen molar-refractivity contribution in [3.05, 3.63) is 95.1 Å². The van der Waals surface area contributed by atoms with Gasteiger partial charge in [-0.25, -0.2) is 13.6 Å². The van der Waals surface area contributed by atoms with Crippen molar-refractivity contribution in [2.75, 3.05) is 13.2 Å². The van der Waals surface area contributed by atoms with Crippen LogP contribution >= 0.6 is 0 Å². The fraction of sp³-hybridized carbons (Fsp3) is 0.125. The zero-order valence-corrected chi connectivity index (χ0v) is 15.9. The Labute approximate surface area is 172 Å². The van der Waals surface area contributed by atoms with Crippen LogP contribution in [0.1, 0.15) is 22.6 Å². The standard InChI is InChI=1S/C24H19F2NO3/c25-21-12-15(23(28)13-22(21)26)6-5-11-27-24(29)30-14-20-18-9-3-1-7-16(18)17-8-2-4-10-19(17)20/h1-10,12-13,20,28H,11,14H2,(H,27,29). The Bertz CT molecular complexity index is 1080. The van der Waals surface area contributed by atoms with E-state index in [0.717, 1.165) is 28.3 Å². The number of benzene rings is 3. The fourth-order valence-corrected chi connectivity index (χ4v) is 3.66. The van der Waals surface area contributed by atoms with Gasteiger partial charge in [0, 0.05) is 24.1 Å². The summed E-state index contributed by atoms with van der Waals surface area (Å²) in [6.45, 7) is 0.308. The van der Waals surface area contributed by atoms with Gasteiger partial charge in [-0.3, -0.25) is 0 Å². The average Bonchev–Trinajstić information content (AvgIpc) is 3.07. The van der Waals surface area contributed by atoms with Crippen molar-refractivity contribution in [2.45, 2.75) is 5.92 Å². The molecule has 3 aromatic carbocycles.